The summed E-state index contributed by atoms with van der Waals surface area (Å²) in [4.78, 5) is 35.0. The normalized spacial score (nSPS) is 17.3. The third-order valence-electron chi connectivity index (χ3n) is 5.22. The average molecular weight is 381 g/mol. The van der Waals surface area contributed by atoms with Crippen molar-refractivity contribution in [2.75, 3.05) is 6.54 Å². The molecular weight excluding hydrogens is 358 g/mol. The van der Waals surface area contributed by atoms with E-state index in [2.05, 4.69) is 30.5 Å². The summed E-state index contributed by atoms with van der Waals surface area (Å²) in [5, 5.41) is 16.4. The molecule has 1 aliphatic carbocycles. The molecule has 146 valence electrons. The van der Waals surface area contributed by atoms with Gasteiger partial charge < -0.3 is 10.6 Å². The Morgan fingerprint density at radius 1 is 1.18 bits per heavy atom. The Kier molecular flexibility index (Phi) is 5.44. The van der Waals surface area contributed by atoms with E-state index >= 15 is 0 Å². The zero-order valence-electron chi connectivity index (χ0n) is 15.9. The number of hydrogen-bond acceptors (Lipinski definition) is 4. The highest BCUT2D eigenvalue weighted by Crippen LogP contribution is 2.43. The molecule has 0 bridgehead atoms. The van der Waals surface area contributed by atoms with Crippen molar-refractivity contribution in [2.24, 2.45) is 5.41 Å². The Bertz CT molecular complexity index is 923. The predicted molar refractivity (Wildman–Crippen MR) is 105 cm³/mol. The molecule has 0 aliphatic heterocycles. The number of aryl methyl sites for hydroxylation is 1. The van der Waals surface area contributed by atoms with Crippen LogP contribution in [0.1, 0.15) is 47.8 Å². The fraction of sp³-hybridized carbons (Fsp3) is 0.333. The van der Waals surface area contributed by atoms with E-state index in [1.807, 2.05) is 18.2 Å². The maximum atomic E-state index is 12.5. The van der Waals surface area contributed by atoms with Crippen LogP contribution in [0.4, 0.5) is 5.69 Å². The molecule has 7 heteroatoms. The van der Waals surface area contributed by atoms with Gasteiger partial charge in [0.25, 0.3) is 11.6 Å². The Morgan fingerprint density at radius 3 is 2.68 bits per heavy atom. The van der Waals surface area contributed by atoms with Gasteiger partial charge in [-0.1, -0.05) is 44.2 Å². The predicted octanol–water partition coefficient (Wildman–Crippen LogP) is 3.15. The number of nitrogens with one attached hydrogen (secondary N) is 2. The van der Waals surface area contributed by atoms with E-state index in [9.17, 15) is 19.7 Å². The number of amides is 2. The van der Waals surface area contributed by atoms with Crippen molar-refractivity contribution >= 4 is 17.5 Å². The van der Waals surface area contributed by atoms with Crippen LogP contribution < -0.4 is 10.6 Å². The van der Waals surface area contributed by atoms with Crippen LogP contribution in [0.25, 0.3) is 0 Å². The Balaban J connectivity index is 1.65. The van der Waals surface area contributed by atoms with E-state index in [0.717, 1.165) is 18.4 Å². The molecule has 0 aromatic heterocycles. The third-order valence-corrected chi connectivity index (χ3v) is 5.22. The molecule has 0 saturated carbocycles. The summed E-state index contributed by atoms with van der Waals surface area (Å²) < 4.78 is 0. The van der Waals surface area contributed by atoms with E-state index in [0.29, 0.717) is 0 Å². The van der Waals surface area contributed by atoms with E-state index in [4.69, 9.17) is 0 Å². The lowest BCUT2D eigenvalue weighted by Crippen LogP contribution is -2.45. The van der Waals surface area contributed by atoms with Crippen LogP contribution >= 0.6 is 0 Å². The molecule has 3 rings (SSSR count). The highest BCUT2D eigenvalue weighted by Gasteiger charge is 2.36. The first kappa shape index (κ1) is 19.5. The van der Waals surface area contributed by atoms with E-state index in [1.54, 1.807) is 0 Å². The molecule has 2 aromatic carbocycles. The number of fused-ring (bicyclic) bond motifs is 1. The highest BCUT2D eigenvalue weighted by molar-refractivity contribution is 5.97. The molecule has 1 atom stereocenters. The van der Waals surface area contributed by atoms with Gasteiger partial charge in [-0.2, -0.15) is 0 Å². The first-order valence-corrected chi connectivity index (χ1v) is 9.18. The lowest BCUT2D eigenvalue weighted by atomic mass is 9.70. The van der Waals surface area contributed by atoms with Crippen LogP contribution in [0.3, 0.4) is 0 Å². The van der Waals surface area contributed by atoms with Crippen molar-refractivity contribution in [3.05, 3.63) is 75.3 Å². The molecular formula is C21H23N3O4. The third kappa shape index (κ3) is 4.19. The molecule has 28 heavy (non-hydrogen) atoms. The van der Waals surface area contributed by atoms with Crippen molar-refractivity contribution in [1.82, 2.24) is 10.6 Å². The van der Waals surface area contributed by atoms with Crippen LogP contribution in [0.5, 0.6) is 0 Å². The van der Waals surface area contributed by atoms with Crippen LogP contribution in [-0.4, -0.2) is 23.3 Å². The van der Waals surface area contributed by atoms with Gasteiger partial charge in [0, 0.05) is 17.7 Å². The smallest absolute Gasteiger partial charge is 0.270 e. The minimum absolute atomic E-state index is 0.103. The maximum Gasteiger partial charge on any atom is 0.270 e. The van der Waals surface area contributed by atoms with Crippen molar-refractivity contribution in [3.8, 4) is 0 Å². The zero-order chi connectivity index (χ0) is 20.3. The second-order valence-corrected chi connectivity index (χ2v) is 7.68. The number of rotatable bonds is 5. The zero-order valence-corrected chi connectivity index (χ0v) is 15.9. The first-order chi connectivity index (χ1) is 13.3. The average Bonchev–Trinajstić information content (AvgIpc) is 2.68. The van der Waals surface area contributed by atoms with Crippen molar-refractivity contribution in [2.45, 2.75) is 32.7 Å². The van der Waals surface area contributed by atoms with Gasteiger partial charge in [-0.15, -0.1) is 0 Å². The maximum absolute atomic E-state index is 12.5. The Hall–Kier alpha value is -3.22. The molecule has 7 nitrogen and oxygen atoms in total. The topological polar surface area (TPSA) is 101 Å². The molecule has 0 saturated heterocycles. The van der Waals surface area contributed by atoms with Gasteiger partial charge in [-0.3, -0.25) is 19.7 Å². The van der Waals surface area contributed by atoms with Gasteiger partial charge in [0.15, 0.2) is 0 Å². The monoisotopic (exact) mass is 381 g/mol. The van der Waals surface area contributed by atoms with Crippen LogP contribution in [-0.2, 0) is 11.2 Å². The molecule has 0 radical (unpaired) electrons. The number of nitro benzene ring substituents is 1. The summed E-state index contributed by atoms with van der Waals surface area (Å²) in [6, 6.07) is 13.3. The molecule has 2 amide bonds. The molecule has 1 aliphatic rings. The minimum atomic E-state index is -0.563. The van der Waals surface area contributed by atoms with Gasteiger partial charge >= 0.3 is 0 Å². The van der Waals surface area contributed by atoms with Crippen LogP contribution in [0.2, 0.25) is 0 Å². The molecule has 2 N–H and O–H groups in total. The molecule has 0 spiro atoms. The summed E-state index contributed by atoms with van der Waals surface area (Å²) >= 11 is 0. The summed E-state index contributed by atoms with van der Waals surface area (Å²) in [7, 11) is 0. The number of nitrogens with zero attached hydrogens (tertiary/aromatic N) is 1. The second-order valence-electron chi connectivity index (χ2n) is 7.68. The van der Waals surface area contributed by atoms with Gasteiger partial charge in [-0.05, 0) is 35.4 Å². The number of non-ortho nitro benzene ring substituents is 1. The number of nitro groups is 1. The molecule has 0 heterocycles. The van der Waals surface area contributed by atoms with Crippen molar-refractivity contribution in [3.63, 3.8) is 0 Å². The number of carbonyl (C=O) groups is 2. The van der Waals surface area contributed by atoms with Crippen LogP contribution in [0, 0.1) is 15.5 Å². The Labute approximate surface area is 163 Å². The second kappa shape index (κ2) is 7.80. The molecule has 1 unspecified atom stereocenters. The standard InChI is InChI=1S/C21H23N3O4/c1-21(2)11-10-14-6-3-4-9-17(14)19(21)23-18(25)13-22-20(26)15-7-5-8-16(12-15)24(27)28/h3-9,12,19H,10-11,13H2,1-2H3,(H,22,26)(H,23,25). The SMILES string of the molecule is CC1(C)CCc2ccccc2C1NC(=O)CNC(=O)c1cccc([N+](=O)[O-])c1. The minimum Gasteiger partial charge on any atom is -0.347 e. The molecule has 2 aromatic rings. The van der Waals surface area contributed by atoms with E-state index in [1.165, 1.54) is 29.8 Å². The fourth-order valence-corrected chi connectivity index (χ4v) is 3.57. The molecule has 0 fully saturated rings. The van der Waals surface area contributed by atoms with E-state index in [-0.39, 0.29) is 35.2 Å². The lowest BCUT2D eigenvalue weighted by molar-refractivity contribution is -0.384. The summed E-state index contributed by atoms with van der Waals surface area (Å²) in [5.41, 5.74) is 2.21. The Morgan fingerprint density at radius 2 is 1.93 bits per heavy atom. The van der Waals surface area contributed by atoms with E-state index < -0.39 is 10.8 Å². The van der Waals surface area contributed by atoms with Gasteiger partial charge in [0.05, 0.1) is 17.5 Å². The fourth-order valence-electron chi connectivity index (χ4n) is 3.57. The quantitative estimate of drug-likeness (QED) is 0.613. The number of carbonyl (C=O) groups excluding carboxylic acids is 2. The van der Waals surface area contributed by atoms with Crippen LogP contribution in [0.15, 0.2) is 48.5 Å². The first-order valence-electron chi connectivity index (χ1n) is 9.18. The summed E-state index contributed by atoms with van der Waals surface area (Å²) in [5.74, 6) is -0.823. The number of benzene rings is 2. The van der Waals surface area contributed by atoms with Gasteiger partial charge in [-0.25, -0.2) is 0 Å². The van der Waals surface area contributed by atoms with Gasteiger partial charge in [0.1, 0.15) is 0 Å². The highest BCUT2D eigenvalue weighted by atomic mass is 16.6. The summed E-state index contributed by atoms with van der Waals surface area (Å²) in [6.45, 7) is 4.04. The van der Waals surface area contributed by atoms with Crippen molar-refractivity contribution < 1.29 is 14.5 Å². The van der Waals surface area contributed by atoms with Gasteiger partial charge in [0.2, 0.25) is 5.91 Å². The summed E-state index contributed by atoms with van der Waals surface area (Å²) in [6.07, 6.45) is 1.92. The number of hydrogen-bond donors (Lipinski definition) is 2. The largest absolute Gasteiger partial charge is 0.347 e. The lowest BCUT2D eigenvalue weighted by Gasteiger charge is -2.40. The van der Waals surface area contributed by atoms with Crippen molar-refractivity contribution in [1.29, 1.82) is 0 Å².